The summed E-state index contributed by atoms with van der Waals surface area (Å²) >= 11 is 1.87. The molecule has 2 rings (SSSR count). The summed E-state index contributed by atoms with van der Waals surface area (Å²) in [6.07, 6.45) is 4.07. The van der Waals surface area contributed by atoms with Gasteiger partial charge in [0.05, 0.1) is 0 Å². The molecule has 1 saturated carbocycles. The van der Waals surface area contributed by atoms with Gasteiger partial charge in [-0.3, -0.25) is 0 Å². The van der Waals surface area contributed by atoms with Crippen LogP contribution in [0.3, 0.4) is 0 Å². The fraction of sp³-hybridized carbons (Fsp3) is 0.692. The number of hydrogen-bond acceptors (Lipinski definition) is 2. The van der Waals surface area contributed by atoms with Crippen LogP contribution in [0, 0.1) is 11.8 Å². The molecule has 1 aliphatic carbocycles. The van der Waals surface area contributed by atoms with Gasteiger partial charge in [-0.2, -0.15) is 0 Å². The molecule has 1 fully saturated rings. The van der Waals surface area contributed by atoms with Crippen LogP contribution >= 0.6 is 11.3 Å². The maximum Gasteiger partial charge on any atom is 0.0118 e. The fourth-order valence-electron chi connectivity index (χ4n) is 2.22. The maximum atomic E-state index is 3.73. The van der Waals surface area contributed by atoms with Gasteiger partial charge in [0, 0.05) is 17.5 Å². The van der Waals surface area contributed by atoms with Gasteiger partial charge >= 0.3 is 0 Å². The van der Waals surface area contributed by atoms with Gasteiger partial charge in [0.15, 0.2) is 0 Å². The van der Waals surface area contributed by atoms with Crippen molar-refractivity contribution >= 4 is 11.3 Å². The average Bonchev–Trinajstić information content (AvgIpc) is 2.89. The van der Waals surface area contributed by atoms with Crippen molar-refractivity contribution in [1.29, 1.82) is 0 Å². The summed E-state index contributed by atoms with van der Waals surface area (Å²) in [6, 6.07) is 5.12. The average molecular weight is 223 g/mol. The standard InChI is InChI=1S/C13H21NS/c1-10(2)13(11-5-6-11)14-8-7-12-4-3-9-15-12/h3-4,9-11,13-14H,5-8H2,1-2H3. The van der Waals surface area contributed by atoms with Crippen LogP contribution in [-0.4, -0.2) is 12.6 Å². The normalized spacial score (nSPS) is 18.3. The zero-order valence-electron chi connectivity index (χ0n) is 9.70. The van der Waals surface area contributed by atoms with Crippen molar-refractivity contribution < 1.29 is 0 Å². The van der Waals surface area contributed by atoms with Crippen molar-refractivity contribution in [3.8, 4) is 0 Å². The van der Waals surface area contributed by atoms with Gasteiger partial charge in [0.1, 0.15) is 0 Å². The molecule has 1 aliphatic rings. The fourth-order valence-corrected chi connectivity index (χ4v) is 2.93. The molecule has 15 heavy (non-hydrogen) atoms. The Labute approximate surface area is 96.9 Å². The molecule has 0 bridgehead atoms. The van der Waals surface area contributed by atoms with E-state index >= 15 is 0 Å². The van der Waals surface area contributed by atoms with Gasteiger partial charge < -0.3 is 5.32 Å². The minimum atomic E-state index is 0.755. The van der Waals surface area contributed by atoms with E-state index in [4.69, 9.17) is 0 Å². The van der Waals surface area contributed by atoms with E-state index < -0.39 is 0 Å². The minimum Gasteiger partial charge on any atom is -0.313 e. The summed E-state index contributed by atoms with van der Waals surface area (Å²) in [4.78, 5) is 1.50. The molecule has 2 heteroatoms. The lowest BCUT2D eigenvalue weighted by Gasteiger charge is -2.21. The summed E-state index contributed by atoms with van der Waals surface area (Å²) in [5.41, 5.74) is 0. The number of rotatable bonds is 6. The third kappa shape index (κ3) is 3.32. The number of hydrogen-bond donors (Lipinski definition) is 1. The third-order valence-corrected chi connectivity index (χ3v) is 4.12. The molecule has 0 amide bonds. The van der Waals surface area contributed by atoms with E-state index in [9.17, 15) is 0 Å². The highest BCUT2D eigenvalue weighted by Crippen LogP contribution is 2.35. The second-order valence-corrected chi connectivity index (χ2v) is 5.92. The Bertz CT molecular complexity index is 273. The SMILES string of the molecule is CC(C)C(NCCc1cccs1)C1CC1. The second-order valence-electron chi connectivity index (χ2n) is 4.89. The molecule has 0 radical (unpaired) electrons. The van der Waals surface area contributed by atoms with Gasteiger partial charge in [-0.05, 0) is 42.5 Å². The summed E-state index contributed by atoms with van der Waals surface area (Å²) in [7, 11) is 0. The van der Waals surface area contributed by atoms with Gasteiger partial charge in [0.25, 0.3) is 0 Å². The Kier molecular flexibility index (Phi) is 3.81. The first-order chi connectivity index (χ1) is 7.27. The molecule has 0 saturated heterocycles. The Morgan fingerprint density at radius 3 is 2.80 bits per heavy atom. The molecule has 1 heterocycles. The van der Waals surface area contributed by atoms with Crippen LogP contribution in [0.2, 0.25) is 0 Å². The highest BCUT2D eigenvalue weighted by atomic mass is 32.1. The first kappa shape index (κ1) is 11.2. The molecule has 0 aliphatic heterocycles. The second kappa shape index (κ2) is 5.13. The predicted octanol–water partition coefficient (Wildman–Crippen LogP) is 3.31. The molecule has 84 valence electrons. The molecule has 0 aromatic carbocycles. The lowest BCUT2D eigenvalue weighted by Crippen LogP contribution is -2.36. The topological polar surface area (TPSA) is 12.0 Å². The quantitative estimate of drug-likeness (QED) is 0.780. The van der Waals surface area contributed by atoms with E-state index in [0.29, 0.717) is 0 Å². The minimum absolute atomic E-state index is 0.755. The Morgan fingerprint density at radius 2 is 2.27 bits per heavy atom. The Hall–Kier alpha value is -0.340. The van der Waals surface area contributed by atoms with Crippen LogP contribution in [0.5, 0.6) is 0 Å². The van der Waals surface area contributed by atoms with Crippen LogP contribution in [0.1, 0.15) is 31.6 Å². The first-order valence-corrected chi connectivity index (χ1v) is 6.91. The zero-order chi connectivity index (χ0) is 10.7. The summed E-state index contributed by atoms with van der Waals surface area (Å²) < 4.78 is 0. The molecule has 1 N–H and O–H groups in total. The van der Waals surface area contributed by atoms with Gasteiger partial charge in [-0.1, -0.05) is 19.9 Å². The van der Waals surface area contributed by atoms with Crippen LogP contribution < -0.4 is 5.32 Å². The highest BCUT2D eigenvalue weighted by Gasteiger charge is 2.32. The maximum absolute atomic E-state index is 3.73. The van der Waals surface area contributed by atoms with Crippen molar-refractivity contribution in [2.24, 2.45) is 11.8 Å². The number of nitrogens with one attached hydrogen (secondary N) is 1. The largest absolute Gasteiger partial charge is 0.313 e. The van der Waals surface area contributed by atoms with Crippen molar-refractivity contribution in [3.05, 3.63) is 22.4 Å². The first-order valence-electron chi connectivity index (χ1n) is 6.03. The summed E-state index contributed by atoms with van der Waals surface area (Å²) in [5, 5.41) is 5.89. The molecule has 1 nitrogen and oxygen atoms in total. The van der Waals surface area contributed by atoms with Crippen LogP contribution in [0.25, 0.3) is 0 Å². The lowest BCUT2D eigenvalue weighted by molar-refractivity contribution is 0.363. The van der Waals surface area contributed by atoms with E-state index in [0.717, 1.165) is 24.4 Å². The molecular weight excluding hydrogens is 202 g/mol. The zero-order valence-corrected chi connectivity index (χ0v) is 10.5. The van der Waals surface area contributed by atoms with Crippen LogP contribution in [0.15, 0.2) is 17.5 Å². The van der Waals surface area contributed by atoms with Crippen molar-refractivity contribution in [2.45, 2.75) is 39.2 Å². The van der Waals surface area contributed by atoms with E-state index in [-0.39, 0.29) is 0 Å². The lowest BCUT2D eigenvalue weighted by atomic mass is 9.99. The molecule has 0 spiro atoms. The van der Waals surface area contributed by atoms with Crippen molar-refractivity contribution in [2.75, 3.05) is 6.54 Å². The Balaban J connectivity index is 1.71. The summed E-state index contributed by atoms with van der Waals surface area (Å²) in [6.45, 7) is 5.81. The van der Waals surface area contributed by atoms with E-state index in [1.165, 1.54) is 24.1 Å². The predicted molar refractivity (Wildman–Crippen MR) is 67.4 cm³/mol. The van der Waals surface area contributed by atoms with E-state index in [1.807, 2.05) is 11.3 Å². The van der Waals surface area contributed by atoms with Gasteiger partial charge in [-0.25, -0.2) is 0 Å². The Morgan fingerprint density at radius 1 is 1.47 bits per heavy atom. The van der Waals surface area contributed by atoms with Crippen molar-refractivity contribution in [1.82, 2.24) is 5.32 Å². The smallest absolute Gasteiger partial charge is 0.0118 e. The van der Waals surface area contributed by atoms with Gasteiger partial charge in [-0.15, -0.1) is 11.3 Å². The van der Waals surface area contributed by atoms with Gasteiger partial charge in [0.2, 0.25) is 0 Å². The third-order valence-electron chi connectivity index (χ3n) is 3.18. The van der Waals surface area contributed by atoms with Crippen LogP contribution in [-0.2, 0) is 6.42 Å². The van der Waals surface area contributed by atoms with E-state index in [2.05, 4.69) is 36.7 Å². The molecule has 1 aromatic rings. The van der Waals surface area contributed by atoms with Crippen molar-refractivity contribution in [3.63, 3.8) is 0 Å². The molecular formula is C13H21NS. The molecule has 1 atom stereocenters. The number of thiophene rings is 1. The monoisotopic (exact) mass is 223 g/mol. The summed E-state index contributed by atoms with van der Waals surface area (Å²) in [5.74, 6) is 1.74. The highest BCUT2D eigenvalue weighted by molar-refractivity contribution is 7.09. The van der Waals surface area contributed by atoms with E-state index in [1.54, 1.807) is 0 Å². The molecule has 1 aromatic heterocycles. The molecule has 1 unspecified atom stereocenters. The van der Waals surface area contributed by atoms with Crippen LogP contribution in [0.4, 0.5) is 0 Å².